The average molecular weight is 286 g/mol. The monoisotopic (exact) mass is 285 g/mol. The van der Waals surface area contributed by atoms with Gasteiger partial charge in [-0.2, -0.15) is 11.8 Å². The summed E-state index contributed by atoms with van der Waals surface area (Å²) < 4.78 is 0. The van der Waals surface area contributed by atoms with E-state index < -0.39 is 0 Å². The molecule has 1 aromatic heterocycles. The predicted octanol–water partition coefficient (Wildman–Crippen LogP) is 1.51. The molecule has 0 unspecified atom stereocenters. The highest BCUT2D eigenvalue weighted by Gasteiger charge is 2.12. The molecule has 2 rings (SSSR count). The molecule has 1 aromatic rings. The SMILES string of the molecule is O=C(NCCN1CCSCC1)c1cnccc1Cl. The smallest absolute Gasteiger partial charge is 0.254 e. The summed E-state index contributed by atoms with van der Waals surface area (Å²) in [7, 11) is 0. The second kappa shape index (κ2) is 6.97. The molecule has 2 heterocycles. The normalized spacial score (nSPS) is 16.5. The van der Waals surface area contributed by atoms with E-state index in [2.05, 4.69) is 15.2 Å². The van der Waals surface area contributed by atoms with Gasteiger partial charge in [0.25, 0.3) is 5.91 Å². The molecule has 0 atom stereocenters. The van der Waals surface area contributed by atoms with Crippen LogP contribution in [0.15, 0.2) is 18.5 Å². The standard InChI is InChI=1S/C12H16ClN3OS/c13-11-1-2-14-9-10(11)12(17)15-3-4-16-5-7-18-8-6-16/h1-2,9H,3-8H2,(H,15,17). The van der Waals surface area contributed by atoms with E-state index in [1.807, 2.05) is 11.8 Å². The Morgan fingerprint density at radius 2 is 2.28 bits per heavy atom. The number of hydrogen-bond acceptors (Lipinski definition) is 4. The number of nitrogens with zero attached hydrogens (tertiary/aromatic N) is 2. The molecule has 4 nitrogen and oxygen atoms in total. The minimum Gasteiger partial charge on any atom is -0.351 e. The van der Waals surface area contributed by atoms with E-state index in [9.17, 15) is 4.79 Å². The molecule has 0 radical (unpaired) electrons. The van der Waals surface area contributed by atoms with Crippen LogP contribution >= 0.6 is 23.4 Å². The van der Waals surface area contributed by atoms with Crippen LogP contribution in [0.4, 0.5) is 0 Å². The van der Waals surface area contributed by atoms with Crippen molar-refractivity contribution in [2.75, 3.05) is 37.7 Å². The van der Waals surface area contributed by atoms with Gasteiger partial charge in [-0.25, -0.2) is 0 Å². The van der Waals surface area contributed by atoms with Crippen LogP contribution in [-0.2, 0) is 0 Å². The first-order chi connectivity index (χ1) is 8.77. The number of pyridine rings is 1. The van der Waals surface area contributed by atoms with Gasteiger partial charge >= 0.3 is 0 Å². The van der Waals surface area contributed by atoms with Crippen LogP contribution in [0.1, 0.15) is 10.4 Å². The molecule has 0 aromatic carbocycles. The molecule has 1 saturated heterocycles. The molecule has 0 bridgehead atoms. The number of aromatic nitrogens is 1. The number of rotatable bonds is 4. The number of carbonyl (C=O) groups excluding carboxylic acids is 1. The van der Waals surface area contributed by atoms with Crippen molar-refractivity contribution in [3.8, 4) is 0 Å². The number of halogens is 1. The molecule has 1 amide bonds. The second-order valence-electron chi connectivity index (χ2n) is 4.07. The summed E-state index contributed by atoms with van der Waals surface area (Å²) >= 11 is 7.92. The van der Waals surface area contributed by atoms with Crippen LogP contribution in [0.5, 0.6) is 0 Å². The first-order valence-electron chi connectivity index (χ1n) is 5.95. The summed E-state index contributed by atoms with van der Waals surface area (Å²) in [6.07, 6.45) is 3.07. The number of thioether (sulfide) groups is 1. The van der Waals surface area contributed by atoms with Gasteiger partial charge in [0.2, 0.25) is 0 Å². The second-order valence-corrected chi connectivity index (χ2v) is 5.70. The van der Waals surface area contributed by atoms with Crippen LogP contribution < -0.4 is 5.32 Å². The van der Waals surface area contributed by atoms with Gasteiger partial charge in [0.05, 0.1) is 10.6 Å². The van der Waals surface area contributed by atoms with Gasteiger partial charge in [-0.05, 0) is 6.07 Å². The molecule has 1 aliphatic heterocycles. The van der Waals surface area contributed by atoms with E-state index in [-0.39, 0.29) is 5.91 Å². The van der Waals surface area contributed by atoms with E-state index >= 15 is 0 Å². The zero-order valence-corrected chi connectivity index (χ0v) is 11.6. The summed E-state index contributed by atoms with van der Waals surface area (Å²) in [4.78, 5) is 18.1. The minimum absolute atomic E-state index is 0.153. The van der Waals surface area contributed by atoms with Gasteiger partial charge in [0.1, 0.15) is 0 Å². The number of amides is 1. The Kier molecular flexibility index (Phi) is 5.28. The third kappa shape index (κ3) is 3.86. The maximum atomic E-state index is 11.8. The van der Waals surface area contributed by atoms with Crippen molar-refractivity contribution < 1.29 is 4.79 Å². The molecular formula is C12H16ClN3OS. The first kappa shape index (κ1) is 13.6. The third-order valence-electron chi connectivity index (χ3n) is 2.83. The molecule has 0 saturated carbocycles. The molecule has 18 heavy (non-hydrogen) atoms. The van der Waals surface area contributed by atoms with Crippen molar-refractivity contribution in [3.63, 3.8) is 0 Å². The highest BCUT2D eigenvalue weighted by molar-refractivity contribution is 7.99. The summed E-state index contributed by atoms with van der Waals surface area (Å²) in [5.74, 6) is 2.21. The zero-order chi connectivity index (χ0) is 12.8. The van der Waals surface area contributed by atoms with E-state index in [1.54, 1.807) is 12.3 Å². The largest absolute Gasteiger partial charge is 0.351 e. The highest BCUT2D eigenvalue weighted by Crippen LogP contribution is 2.13. The first-order valence-corrected chi connectivity index (χ1v) is 7.48. The summed E-state index contributed by atoms with van der Waals surface area (Å²) in [6.45, 7) is 3.75. The number of hydrogen-bond donors (Lipinski definition) is 1. The lowest BCUT2D eigenvalue weighted by Crippen LogP contribution is -2.39. The molecule has 1 fully saturated rings. The van der Waals surface area contributed by atoms with Gasteiger partial charge in [-0.1, -0.05) is 11.6 Å². The Bertz CT molecular complexity index is 410. The number of carbonyl (C=O) groups is 1. The Morgan fingerprint density at radius 3 is 3.00 bits per heavy atom. The van der Waals surface area contributed by atoms with E-state index in [0.717, 1.165) is 19.6 Å². The average Bonchev–Trinajstić information content (AvgIpc) is 2.40. The Hall–Kier alpha value is -0.780. The van der Waals surface area contributed by atoms with Gasteiger partial charge in [-0.3, -0.25) is 14.7 Å². The van der Waals surface area contributed by atoms with E-state index in [1.165, 1.54) is 17.7 Å². The summed E-state index contributed by atoms with van der Waals surface area (Å²) in [5, 5.41) is 3.32. The quantitative estimate of drug-likeness (QED) is 0.911. The maximum absolute atomic E-state index is 11.8. The van der Waals surface area contributed by atoms with Crippen LogP contribution in [0.3, 0.4) is 0 Å². The third-order valence-corrected chi connectivity index (χ3v) is 4.10. The Morgan fingerprint density at radius 1 is 1.50 bits per heavy atom. The molecule has 0 spiro atoms. The molecule has 0 aliphatic carbocycles. The van der Waals surface area contributed by atoms with Crippen molar-refractivity contribution >= 4 is 29.3 Å². The summed E-state index contributed by atoms with van der Waals surface area (Å²) in [5.41, 5.74) is 0.438. The van der Waals surface area contributed by atoms with Crippen molar-refractivity contribution in [3.05, 3.63) is 29.0 Å². The van der Waals surface area contributed by atoms with Crippen LogP contribution in [0.2, 0.25) is 5.02 Å². The van der Waals surface area contributed by atoms with Crippen LogP contribution in [0, 0.1) is 0 Å². The zero-order valence-electron chi connectivity index (χ0n) is 10.1. The fourth-order valence-electron chi connectivity index (χ4n) is 1.79. The molecule has 1 N–H and O–H groups in total. The van der Waals surface area contributed by atoms with Crippen molar-refractivity contribution in [1.29, 1.82) is 0 Å². The summed E-state index contributed by atoms with van der Waals surface area (Å²) in [6, 6.07) is 1.62. The maximum Gasteiger partial charge on any atom is 0.254 e. The number of nitrogens with one attached hydrogen (secondary N) is 1. The fourth-order valence-corrected chi connectivity index (χ4v) is 2.96. The van der Waals surface area contributed by atoms with E-state index in [4.69, 9.17) is 11.6 Å². The highest BCUT2D eigenvalue weighted by atomic mass is 35.5. The Labute approximate surface area is 116 Å². The van der Waals surface area contributed by atoms with Crippen LogP contribution in [-0.4, -0.2) is 53.5 Å². The fraction of sp³-hybridized carbons (Fsp3) is 0.500. The topological polar surface area (TPSA) is 45.2 Å². The Balaban J connectivity index is 1.76. The van der Waals surface area contributed by atoms with Gasteiger partial charge in [0, 0.05) is 50.1 Å². The van der Waals surface area contributed by atoms with Crippen LogP contribution in [0.25, 0.3) is 0 Å². The van der Waals surface area contributed by atoms with Gasteiger partial charge in [0.15, 0.2) is 0 Å². The van der Waals surface area contributed by atoms with Gasteiger partial charge in [-0.15, -0.1) is 0 Å². The lowest BCUT2D eigenvalue weighted by molar-refractivity contribution is 0.0948. The predicted molar refractivity (Wildman–Crippen MR) is 75.3 cm³/mol. The van der Waals surface area contributed by atoms with Crippen molar-refractivity contribution in [2.45, 2.75) is 0 Å². The molecule has 1 aliphatic rings. The van der Waals surface area contributed by atoms with Crippen molar-refractivity contribution in [1.82, 2.24) is 15.2 Å². The van der Waals surface area contributed by atoms with Gasteiger partial charge < -0.3 is 5.32 Å². The molecular weight excluding hydrogens is 270 g/mol. The lowest BCUT2D eigenvalue weighted by atomic mass is 10.2. The molecule has 98 valence electrons. The minimum atomic E-state index is -0.153. The molecule has 6 heteroatoms. The van der Waals surface area contributed by atoms with Crippen molar-refractivity contribution in [2.24, 2.45) is 0 Å². The van der Waals surface area contributed by atoms with E-state index in [0.29, 0.717) is 17.1 Å². The lowest BCUT2D eigenvalue weighted by Gasteiger charge is -2.25.